The quantitative estimate of drug-likeness (QED) is 0.722. The van der Waals surface area contributed by atoms with Crippen molar-refractivity contribution in [2.45, 2.75) is 26.7 Å². The van der Waals surface area contributed by atoms with Crippen LogP contribution in [0.2, 0.25) is 0 Å². The lowest BCUT2D eigenvalue weighted by Crippen LogP contribution is -2.27. The Morgan fingerprint density at radius 3 is 2.46 bits per heavy atom. The highest BCUT2D eigenvalue weighted by Crippen LogP contribution is 2.27. The molecule has 0 atom stereocenters. The van der Waals surface area contributed by atoms with Crippen molar-refractivity contribution in [1.82, 2.24) is 5.32 Å². The molecule has 0 bridgehead atoms. The molecule has 0 aliphatic heterocycles. The van der Waals surface area contributed by atoms with Gasteiger partial charge in [0.15, 0.2) is 11.5 Å². The number of benzene rings is 2. The Labute approximate surface area is 155 Å². The Morgan fingerprint density at radius 2 is 1.73 bits per heavy atom. The number of ether oxygens (including phenoxy) is 2. The number of hydrogen-bond acceptors (Lipinski definition) is 4. The minimum atomic E-state index is 0.0447. The van der Waals surface area contributed by atoms with E-state index < -0.39 is 0 Å². The Bertz CT molecular complexity index is 744. The topological polar surface area (TPSA) is 59.6 Å². The highest BCUT2D eigenvalue weighted by molar-refractivity contribution is 5.76. The fourth-order valence-electron chi connectivity index (χ4n) is 2.71. The molecule has 0 fully saturated rings. The summed E-state index contributed by atoms with van der Waals surface area (Å²) in [5.74, 6) is 1.45. The number of rotatable bonds is 9. The molecule has 0 aliphatic rings. The Morgan fingerprint density at radius 1 is 0.962 bits per heavy atom. The monoisotopic (exact) mass is 356 g/mol. The van der Waals surface area contributed by atoms with Gasteiger partial charge in [-0.05, 0) is 55.2 Å². The van der Waals surface area contributed by atoms with Gasteiger partial charge in [0, 0.05) is 25.2 Å². The molecule has 5 nitrogen and oxygen atoms in total. The standard InChI is InChI=1S/C21H28N2O3/c1-15-5-6-16(2)18(13-15)22-12-10-21(24)23-11-9-17-7-8-19(25-3)20(14-17)26-4/h5-8,13-14,22H,9-12H2,1-4H3,(H,23,24). The summed E-state index contributed by atoms with van der Waals surface area (Å²) in [6.07, 6.45) is 1.19. The number of carbonyl (C=O) groups excluding carboxylic acids is 1. The Balaban J connectivity index is 1.73. The van der Waals surface area contributed by atoms with E-state index in [1.165, 1.54) is 11.1 Å². The lowest BCUT2D eigenvalue weighted by molar-refractivity contribution is -0.120. The van der Waals surface area contributed by atoms with Crippen LogP contribution in [0.3, 0.4) is 0 Å². The molecule has 26 heavy (non-hydrogen) atoms. The summed E-state index contributed by atoms with van der Waals surface area (Å²) in [7, 11) is 3.23. The highest BCUT2D eigenvalue weighted by Gasteiger charge is 2.06. The van der Waals surface area contributed by atoms with Gasteiger partial charge in [-0.25, -0.2) is 0 Å². The summed E-state index contributed by atoms with van der Waals surface area (Å²) in [5.41, 5.74) is 4.57. The van der Waals surface area contributed by atoms with Crippen LogP contribution in [0, 0.1) is 13.8 Å². The van der Waals surface area contributed by atoms with Gasteiger partial charge in [0.05, 0.1) is 14.2 Å². The van der Waals surface area contributed by atoms with Gasteiger partial charge in [0.1, 0.15) is 0 Å². The third kappa shape index (κ3) is 5.69. The van der Waals surface area contributed by atoms with Crippen LogP contribution < -0.4 is 20.1 Å². The zero-order valence-electron chi connectivity index (χ0n) is 16.0. The van der Waals surface area contributed by atoms with E-state index in [0.717, 1.165) is 17.7 Å². The van der Waals surface area contributed by atoms with Gasteiger partial charge in [-0.15, -0.1) is 0 Å². The van der Waals surface area contributed by atoms with Gasteiger partial charge in [0.25, 0.3) is 0 Å². The van der Waals surface area contributed by atoms with E-state index in [-0.39, 0.29) is 5.91 Å². The average Bonchev–Trinajstić information content (AvgIpc) is 2.64. The molecule has 2 aromatic carbocycles. The van der Waals surface area contributed by atoms with E-state index in [2.05, 4.69) is 42.7 Å². The Hall–Kier alpha value is -2.69. The molecule has 2 aromatic rings. The van der Waals surface area contributed by atoms with E-state index in [1.807, 2.05) is 18.2 Å². The first-order valence-electron chi connectivity index (χ1n) is 8.82. The first kappa shape index (κ1) is 19.6. The van der Waals surface area contributed by atoms with Gasteiger partial charge in [-0.3, -0.25) is 4.79 Å². The number of hydrogen-bond donors (Lipinski definition) is 2. The van der Waals surface area contributed by atoms with E-state index >= 15 is 0 Å². The lowest BCUT2D eigenvalue weighted by atomic mass is 10.1. The fourth-order valence-corrected chi connectivity index (χ4v) is 2.71. The van der Waals surface area contributed by atoms with Crippen LogP contribution in [0.5, 0.6) is 11.5 Å². The number of methoxy groups -OCH3 is 2. The summed E-state index contributed by atoms with van der Waals surface area (Å²) in [6.45, 7) is 5.33. The zero-order chi connectivity index (χ0) is 18.9. The first-order valence-corrected chi connectivity index (χ1v) is 8.82. The smallest absolute Gasteiger partial charge is 0.221 e. The highest BCUT2D eigenvalue weighted by atomic mass is 16.5. The summed E-state index contributed by atoms with van der Waals surface area (Å²) in [4.78, 5) is 12.0. The molecule has 0 saturated carbocycles. The van der Waals surface area contributed by atoms with Crippen LogP contribution in [0.1, 0.15) is 23.1 Å². The molecule has 5 heteroatoms. The van der Waals surface area contributed by atoms with Crippen molar-refractivity contribution in [3.63, 3.8) is 0 Å². The van der Waals surface area contributed by atoms with Crippen LogP contribution in [-0.2, 0) is 11.2 Å². The maximum Gasteiger partial charge on any atom is 0.221 e. The van der Waals surface area contributed by atoms with Crippen molar-refractivity contribution in [2.24, 2.45) is 0 Å². The van der Waals surface area contributed by atoms with Gasteiger partial charge in [0.2, 0.25) is 5.91 Å². The summed E-state index contributed by atoms with van der Waals surface area (Å²) in [6, 6.07) is 12.1. The predicted octanol–water partition coefficient (Wildman–Crippen LogP) is 3.48. The second-order valence-corrected chi connectivity index (χ2v) is 6.28. The largest absolute Gasteiger partial charge is 0.493 e. The van der Waals surface area contributed by atoms with E-state index in [9.17, 15) is 4.79 Å². The second kappa shape index (κ2) is 9.70. The van der Waals surface area contributed by atoms with Crippen molar-refractivity contribution in [1.29, 1.82) is 0 Å². The molecule has 0 aromatic heterocycles. The molecule has 0 unspecified atom stereocenters. The predicted molar refractivity (Wildman–Crippen MR) is 105 cm³/mol. The van der Waals surface area contributed by atoms with E-state index in [4.69, 9.17) is 9.47 Å². The van der Waals surface area contributed by atoms with Crippen LogP contribution in [0.25, 0.3) is 0 Å². The molecule has 1 amide bonds. The van der Waals surface area contributed by atoms with Crippen molar-refractivity contribution in [2.75, 3.05) is 32.6 Å². The first-order chi connectivity index (χ1) is 12.5. The summed E-state index contributed by atoms with van der Waals surface area (Å²) in [5, 5.41) is 6.29. The van der Waals surface area contributed by atoms with E-state index in [1.54, 1.807) is 14.2 Å². The molecule has 0 radical (unpaired) electrons. The van der Waals surface area contributed by atoms with Gasteiger partial charge in [-0.1, -0.05) is 18.2 Å². The minimum Gasteiger partial charge on any atom is -0.493 e. The maximum absolute atomic E-state index is 12.0. The molecule has 0 saturated heterocycles. The number of amides is 1. The van der Waals surface area contributed by atoms with Gasteiger partial charge >= 0.3 is 0 Å². The van der Waals surface area contributed by atoms with Crippen molar-refractivity contribution in [3.8, 4) is 11.5 Å². The van der Waals surface area contributed by atoms with Crippen molar-refractivity contribution in [3.05, 3.63) is 53.1 Å². The molecular weight excluding hydrogens is 328 g/mol. The van der Waals surface area contributed by atoms with Crippen LogP contribution in [0.15, 0.2) is 36.4 Å². The zero-order valence-corrected chi connectivity index (χ0v) is 16.0. The third-order valence-corrected chi connectivity index (χ3v) is 4.24. The number of carbonyl (C=O) groups is 1. The molecule has 2 rings (SSSR count). The normalized spacial score (nSPS) is 10.3. The minimum absolute atomic E-state index is 0.0447. The molecule has 0 heterocycles. The molecule has 0 aliphatic carbocycles. The van der Waals surface area contributed by atoms with Crippen LogP contribution in [-0.4, -0.2) is 33.2 Å². The number of aryl methyl sites for hydroxylation is 2. The number of anilines is 1. The van der Waals surface area contributed by atoms with Crippen molar-refractivity contribution >= 4 is 11.6 Å². The van der Waals surface area contributed by atoms with Crippen LogP contribution >= 0.6 is 0 Å². The van der Waals surface area contributed by atoms with Gasteiger partial charge in [-0.2, -0.15) is 0 Å². The van der Waals surface area contributed by atoms with Crippen molar-refractivity contribution < 1.29 is 14.3 Å². The molecule has 140 valence electrons. The summed E-state index contributed by atoms with van der Waals surface area (Å²) >= 11 is 0. The Kier molecular flexibility index (Phi) is 7.33. The molecular formula is C21H28N2O3. The lowest BCUT2D eigenvalue weighted by Gasteiger charge is -2.11. The van der Waals surface area contributed by atoms with Crippen LogP contribution in [0.4, 0.5) is 5.69 Å². The average molecular weight is 356 g/mol. The number of nitrogens with one attached hydrogen (secondary N) is 2. The van der Waals surface area contributed by atoms with E-state index in [0.29, 0.717) is 31.0 Å². The fraction of sp³-hybridized carbons (Fsp3) is 0.381. The SMILES string of the molecule is COc1ccc(CCNC(=O)CCNc2cc(C)ccc2C)cc1OC. The molecule has 2 N–H and O–H groups in total. The second-order valence-electron chi connectivity index (χ2n) is 6.28. The molecule has 0 spiro atoms. The summed E-state index contributed by atoms with van der Waals surface area (Å²) < 4.78 is 10.5. The third-order valence-electron chi connectivity index (χ3n) is 4.24. The maximum atomic E-state index is 12.0. The van der Waals surface area contributed by atoms with Gasteiger partial charge < -0.3 is 20.1 Å².